The van der Waals surface area contributed by atoms with Crippen molar-refractivity contribution in [3.63, 3.8) is 0 Å². The van der Waals surface area contributed by atoms with Crippen molar-refractivity contribution in [3.8, 4) is 5.75 Å². The second-order valence-electron chi connectivity index (χ2n) is 5.10. The monoisotopic (exact) mass is 260 g/mol. The molecular weight excluding hydrogens is 240 g/mol. The Morgan fingerprint density at radius 2 is 2.21 bits per heavy atom. The van der Waals surface area contributed by atoms with E-state index in [9.17, 15) is 9.59 Å². The van der Waals surface area contributed by atoms with E-state index in [1.54, 1.807) is 19.2 Å². The molecule has 1 aliphatic carbocycles. The number of rotatable bonds is 5. The van der Waals surface area contributed by atoms with E-state index in [0.29, 0.717) is 36.4 Å². The summed E-state index contributed by atoms with van der Waals surface area (Å²) in [7, 11) is 1.59. The van der Waals surface area contributed by atoms with Crippen LogP contribution in [0, 0.1) is 5.92 Å². The lowest BCUT2D eigenvalue weighted by molar-refractivity contribution is -0.124. The molecule has 19 heavy (non-hydrogen) atoms. The summed E-state index contributed by atoms with van der Waals surface area (Å²) in [5.41, 5.74) is 0.669. The number of ketones is 2. The van der Waals surface area contributed by atoms with Crippen molar-refractivity contribution in [3.05, 3.63) is 29.8 Å². The zero-order valence-electron chi connectivity index (χ0n) is 11.4. The first-order chi connectivity index (χ1) is 9.20. The molecule has 1 saturated carbocycles. The molecule has 0 heterocycles. The number of carbonyl (C=O) groups excluding carboxylic acids is 2. The van der Waals surface area contributed by atoms with Crippen LogP contribution >= 0.6 is 0 Å². The summed E-state index contributed by atoms with van der Waals surface area (Å²) in [6.45, 7) is 0. The molecule has 2 rings (SSSR count). The van der Waals surface area contributed by atoms with Gasteiger partial charge in [0.05, 0.1) is 7.11 Å². The Morgan fingerprint density at radius 1 is 1.37 bits per heavy atom. The summed E-state index contributed by atoms with van der Waals surface area (Å²) in [5.74, 6) is 1.23. The van der Waals surface area contributed by atoms with E-state index in [2.05, 4.69) is 0 Å². The van der Waals surface area contributed by atoms with E-state index < -0.39 is 0 Å². The Balaban J connectivity index is 1.91. The summed E-state index contributed by atoms with van der Waals surface area (Å²) in [6, 6.07) is 7.19. The van der Waals surface area contributed by atoms with Crippen molar-refractivity contribution in [2.75, 3.05) is 7.11 Å². The SMILES string of the molecule is COc1cccc(C(=O)CCC2CCCCC2=O)c1. The van der Waals surface area contributed by atoms with Crippen molar-refractivity contribution >= 4 is 11.6 Å². The van der Waals surface area contributed by atoms with Crippen molar-refractivity contribution in [1.82, 2.24) is 0 Å². The van der Waals surface area contributed by atoms with Crippen LogP contribution in [0.25, 0.3) is 0 Å². The van der Waals surface area contributed by atoms with Crippen LogP contribution in [0.2, 0.25) is 0 Å². The number of hydrogen-bond acceptors (Lipinski definition) is 3. The van der Waals surface area contributed by atoms with Crippen molar-refractivity contribution in [2.45, 2.75) is 38.5 Å². The fraction of sp³-hybridized carbons (Fsp3) is 0.500. The van der Waals surface area contributed by atoms with Gasteiger partial charge in [-0.25, -0.2) is 0 Å². The molecule has 0 amide bonds. The molecule has 1 aromatic carbocycles. The molecular formula is C16H20O3. The number of methoxy groups -OCH3 is 1. The molecule has 1 fully saturated rings. The van der Waals surface area contributed by atoms with Gasteiger partial charge >= 0.3 is 0 Å². The number of ether oxygens (including phenoxy) is 1. The molecule has 1 unspecified atom stereocenters. The van der Waals surface area contributed by atoms with Gasteiger partial charge in [-0.1, -0.05) is 18.6 Å². The van der Waals surface area contributed by atoms with E-state index in [-0.39, 0.29) is 11.7 Å². The Hall–Kier alpha value is -1.64. The molecule has 0 radical (unpaired) electrons. The van der Waals surface area contributed by atoms with Crippen LogP contribution in [0.3, 0.4) is 0 Å². The Kier molecular flexibility index (Phi) is 4.72. The molecule has 1 aromatic rings. The summed E-state index contributed by atoms with van der Waals surface area (Å²) in [5, 5.41) is 0. The molecule has 0 aliphatic heterocycles. The smallest absolute Gasteiger partial charge is 0.163 e. The highest BCUT2D eigenvalue weighted by molar-refractivity contribution is 5.96. The van der Waals surface area contributed by atoms with Gasteiger partial charge in [0, 0.05) is 24.3 Å². The first kappa shape index (κ1) is 13.8. The number of benzene rings is 1. The zero-order chi connectivity index (χ0) is 13.7. The van der Waals surface area contributed by atoms with Gasteiger partial charge in [0.25, 0.3) is 0 Å². The maximum atomic E-state index is 12.1. The second-order valence-corrected chi connectivity index (χ2v) is 5.10. The van der Waals surface area contributed by atoms with Gasteiger partial charge in [-0.05, 0) is 31.4 Å². The summed E-state index contributed by atoms with van der Waals surface area (Å²) < 4.78 is 5.11. The molecule has 0 N–H and O–H groups in total. The summed E-state index contributed by atoms with van der Waals surface area (Å²) in [6.07, 6.45) is 4.91. The van der Waals surface area contributed by atoms with Crippen LogP contribution in [-0.2, 0) is 4.79 Å². The fourth-order valence-electron chi connectivity index (χ4n) is 2.61. The zero-order valence-corrected chi connectivity index (χ0v) is 11.4. The minimum atomic E-state index is 0.0947. The van der Waals surface area contributed by atoms with Gasteiger partial charge in [-0.3, -0.25) is 9.59 Å². The average molecular weight is 260 g/mol. The molecule has 0 bridgehead atoms. The maximum absolute atomic E-state index is 12.1. The predicted molar refractivity (Wildman–Crippen MR) is 73.5 cm³/mol. The van der Waals surface area contributed by atoms with Crippen molar-refractivity contribution < 1.29 is 14.3 Å². The van der Waals surface area contributed by atoms with Gasteiger partial charge in [0.15, 0.2) is 5.78 Å². The van der Waals surface area contributed by atoms with Gasteiger partial charge in [-0.2, -0.15) is 0 Å². The molecule has 3 nitrogen and oxygen atoms in total. The van der Waals surface area contributed by atoms with E-state index in [4.69, 9.17) is 4.74 Å². The van der Waals surface area contributed by atoms with Crippen LogP contribution < -0.4 is 4.74 Å². The van der Waals surface area contributed by atoms with Crippen LogP contribution in [0.4, 0.5) is 0 Å². The molecule has 0 spiro atoms. The summed E-state index contributed by atoms with van der Waals surface area (Å²) in [4.78, 5) is 23.8. The molecule has 3 heteroatoms. The predicted octanol–water partition coefficient (Wildman–Crippen LogP) is 3.42. The highest BCUT2D eigenvalue weighted by Crippen LogP contribution is 2.25. The Bertz CT molecular complexity index is 465. The van der Waals surface area contributed by atoms with Crippen molar-refractivity contribution in [2.24, 2.45) is 5.92 Å². The van der Waals surface area contributed by atoms with Crippen LogP contribution in [0.15, 0.2) is 24.3 Å². The minimum absolute atomic E-state index is 0.0947. The van der Waals surface area contributed by atoms with Gasteiger partial charge in [0.1, 0.15) is 11.5 Å². The third-order valence-corrected chi connectivity index (χ3v) is 3.79. The summed E-state index contributed by atoms with van der Waals surface area (Å²) >= 11 is 0. The van der Waals surface area contributed by atoms with Crippen LogP contribution in [0.1, 0.15) is 48.9 Å². The minimum Gasteiger partial charge on any atom is -0.497 e. The highest BCUT2D eigenvalue weighted by atomic mass is 16.5. The third-order valence-electron chi connectivity index (χ3n) is 3.79. The van der Waals surface area contributed by atoms with E-state index in [0.717, 1.165) is 19.3 Å². The van der Waals surface area contributed by atoms with Gasteiger partial charge in [-0.15, -0.1) is 0 Å². The van der Waals surface area contributed by atoms with Gasteiger partial charge < -0.3 is 4.74 Å². The lowest BCUT2D eigenvalue weighted by Gasteiger charge is -2.19. The molecule has 1 atom stereocenters. The standard InChI is InChI=1S/C16H20O3/c1-19-14-7-4-6-13(11-14)16(18)10-9-12-5-2-3-8-15(12)17/h4,6-7,11-12H,2-3,5,8-10H2,1H3. The normalized spacial score (nSPS) is 19.2. The third kappa shape index (κ3) is 3.66. The second kappa shape index (κ2) is 6.50. The van der Waals surface area contributed by atoms with Crippen LogP contribution in [0.5, 0.6) is 5.75 Å². The number of Topliss-reactive ketones (excluding diaryl/α,β-unsaturated/α-hetero) is 2. The highest BCUT2D eigenvalue weighted by Gasteiger charge is 2.22. The average Bonchev–Trinajstić information content (AvgIpc) is 2.46. The fourth-order valence-corrected chi connectivity index (χ4v) is 2.61. The molecule has 0 aromatic heterocycles. The van der Waals surface area contributed by atoms with Crippen molar-refractivity contribution in [1.29, 1.82) is 0 Å². The van der Waals surface area contributed by atoms with E-state index in [1.807, 2.05) is 12.1 Å². The van der Waals surface area contributed by atoms with Crippen LogP contribution in [-0.4, -0.2) is 18.7 Å². The quantitative estimate of drug-likeness (QED) is 0.762. The van der Waals surface area contributed by atoms with E-state index in [1.165, 1.54) is 0 Å². The Morgan fingerprint density at radius 3 is 2.95 bits per heavy atom. The lowest BCUT2D eigenvalue weighted by Crippen LogP contribution is -2.19. The van der Waals surface area contributed by atoms with E-state index >= 15 is 0 Å². The lowest BCUT2D eigenvalue weighted by atomic mass is 9.84. The molecule has 102 valence electrons. The topological polar surface area (TPSA) is 43.4 Å². The first-order valence-electron chi connectivity index (χ1n) is 6.90. The first-order valence-corrected chi connectivity index (χ1v) is 6.90. The molecule has 0 saturated heterocycles. The Labute approximate surface area is 114 Å². The number of hydrogen-bond donors (Lipinski definition) is 0. The largest absolute Gasteiger partial charge is 0.497 e. The molecule has 1 aliphatic rings. The maximum Gasteiger partial charge on any atom is 0.163 e. The number of carbonyl (C=O) groups is 2. The van der Waals surface area contributed by atoms with Gasteiger partial charge in [0.2, 0.25) is 0 Å².